The Morgan fingerprint density at radius 2 is 1.90 bits per heavy atom. The molecule has 0 aliphatic rings. The molecule has 0 saturated carbocycles. The van der Waals surface area contributed by atoms with Gasteiger partial charge in [0, 0.05) is 5.69 Å². The van der Waals surface area contributed by atoms with Gasteiger partial charge in [-0.2, -0.15) is 0 Å². The maximum Gasteiger partial charge on any atom is 0.126 e. The summed E-state index contributed by atoms with van der Waals surface area (Å²) >= 11 is 0. The zero-order chi connectivity index (χ0) is 14.1. The number of hydrogen-bond acceptors (Lipinski definition) is 3. The van der Waals surface area contributed by atoms with E-state index in [9.17, 15) is 5.11 Å². The predicted molar refractivity (Wildman–Crippen MR) is 81.0 cm³/mol. The highest BCUT2D eigenvalue weighted by Gasteiger charge is 2.06. The Morgan fingerprint density at radius 3 is 2.65 bits per heavy atom. The van der Waals surface area contributed by atoms with Crippen molar-refractivity contribution in [1.29, 1.82) is 0 Å². The van der Waals surface area contributed by atoms with Gasteiger partial charge in [-0.1, -0.05) is 6.07 Å². The molecule has 0 amide bonds. The van der Waals surface area contributed by atoms with Crippen molar-refractivity contribution in [2.45, 2.75) is 20.4 Å². The number of nitrogens with one attached hydrogen (secondary N) is 2. The van der Waals surface area contributed by atoms with Crippen LogP contribution in [0.15, 0.2) is 36.4 Å². The Kier molecular flexibility index (Phi) is 3.06. The molecule has 0 aliphatic heterocycles. The number of anilines is 1. The van der Waals surface area contributed by atoms with E-state index in [4.69, 9.17) is 0 Å². The summed E-state index contributed by atoms with van der Waals surface area (Å²) in [5.74, 6) is 1.17. The summed E-state index contributed by atoms with van der Waals surface area (Å²) in [4.78, 5) is 7.95. The fourth-order valence-electron chi connectivity index (χ4n) is 2.37. The van der Waals surface area contributed by atoms with Crippen molar-refractivity contribution in [2.24, 2.45) is 0 Å². The van der Waals surface area contributed by atoms with Crippen molar-refractivity contribution in [2.75, 3.05) is 5.32 Å². The SMILES string of the molecule is Cc1cc(C)c2nc(CNc3ccc(O)cc3)[nH]c2c1. The van der Waals surface area contributed by atoms with Crippen molar-refractivity contribution >= 4 is 16.7 Å². The lowest BCUT2D eigenvalue weighted by molar-refractivity contribution is 0.475. The topological polar surface area (TPSA) is 60.9 Å². The van der Waals surface area contributed by atoms with Crippen LogP contribution in [0.5, 0.6) is 5.75 Å². The smallest absolute Gasteiger partial charge is 0.126 e. The van der Waals surface area contributed by atoms with Gasteiger partial charge >= 0.3 is 0 Å². The highest BCUT2D eigenvalue weighted by Crippen LogP contribution is 2.19. The van der Waals surface area contributed by atoms with E-state index >= 15 is 0 Å². The number of aromatic nitrogens is 2. The second-order valence-corrected chi connectivity index (χ2v) is 5.06. The molecule has 0 spiro atoms. The minimum Gasteiger partial charge on any atom is -0.508 e. The number of phenols is 1. The lowest BCUT2D eigenvalue weighted by atomic mass is 10.1. The average molecular weight is 267 g/mol. The number of benzene rings is 2. The van der Waals surface area contributed by atoms with Crippen molar-refractivity contribution in [3.05, 3.63) is 53.3 Å². The van der Waals surface area contributed by atoms with Crippen LogP contribution in [0.25, 0.3) is 11.0 Å². The Bertz CT molecular complexity index is 744. The fraction of sp³-hybridized carbons (Fsp3) is 0.188. The molecule has 102 valence electrons. The number of aryl methyl sites for hydroxylation is 2. The molecular formula is C16H17N3O. The molecule has 1 heterocycles. The van der Waals surface area contributed by atoms with Crippen LogP contribution in [-0.4, -0.2) is 15.1 Å². The summed E-state index contributed by atoms with van der Waals surface area (Å²) in [6.45, 7) is 4.78. The molecule has 3 aromatic rings. The van der Waals surface area contributed by atoms with Gasteiger partial charge in [0.2, 0.25) is 0 Å². The van der Waals surface area contributed by atoms with E-state index in [1.165, 1.54) is 11.1 Å². The number of phenolic OH excluding ortho intramolecular Hbond substituents is 1. The molecule has 20 heavy (non-hydrogen) atoms. The van der Waals surface area contributed by atoms with Gasteiger partial charge in [0.25, 0.3) is 0 Å². The molecule has 0 fully saturated rings. The van der Waals surface area contributed by atoms with E-state index in [-0.39, 0.29) is 5.75 Å². The number of nitrogens with zero attached hydrogens (tertiary/aromatic N) is 1. The molecule has 0 unspecified atom stereocenters. The van der Waals surface area contributed by atoms with E-state index in [0.717, 1.165) is 22.5 Å². The lowest BCUT2D eigenvalue weighted by Gasteiger charge is -2.03. The first-order chi connectivity index (χ1) is 9.61. The number of H-pyrrole nitrogens is 1. The van der Waals surface area contributed by atoms with E-state index in [1.54, 1.807) is 12.1 Å². The van der Waals surface area contributed by atoms with Crippen LogP contribution in [0.2, 0.25) is 0 Å². The molecule has 0 radical (unpaired) electrons. The molecule has 0 saturated heterocycles. The van der Waals surface area contributed by atoms with Crippen molar-refractivity contribution < 1.29 is 5.11 Å². The van der Waals surface area contributed by atoms with Gasteiger partial charge in [0.15, 0.2) is 0 Å². The van der Waals surface area contributed by atoms with Crippen molar-refractivity contribution in [3.8, 4) is 5.75 Å². The molecular weight excluding hydrogens is 250 g/mol. The minimum atomic E-state index is 0.269. The van der Waals surface area contributed by atoms with Crippen molar-refractivity contribution in [3.63, 3.8) is 0 Å². The molecule has 3 N–H and O–H groups in total. The van der Waals surface area contributed by atoms with Gasteiger partial charge in [-0.3, -0.25) is 0 Å². The second kappa shape index (κ2) is 4.89. The third-order valence-electron chi connectivity index (χ3n) is 3.30. The van der Waals surface area contributed by atoms with E-state index in [1.807, 2.05) is 12.1 Å². The maximum atomic E-state index is 9.25. The standard InChI is InChI=1S/C16H17N3O/c1-10-7-11(2)16-14(8-10)18-15(19-16)9-17-12-3-5-13(20)6-4-12/h3-8,17,20H,9H2,1-2H3,(H,18,19). The Hall–Kier alpha value is -2.49. The first kappa shape index (κ1) is 12.5. The zero-order valence-corrected chi connectivity index (χ0v) is 11.6. The predicted octanol–water partition coefficient (Wildman–Crippen LogP) is 3.50. The van der Waals surface area contributed by atoms with Gasteiger partial charge in [0.1, 0.15) is 11.6 Å². The summed E-state index contributed by atoms with van der Waals surface area (Å²) in [7, 11) is 0. The summed E-state index contributed by atoms with van der Waals surface area (Å²) < 4.78 is 0. The van der Waals surface area contributed by atoms with E-state index in [0.29, 0.717) is 6.54 Å². The summed E-state index contributed by atoms with van der Waals surface area (Å²) in [5.41, 5.74) is 5.48. The van der Waals surface area contributed by atoms with Crippen molar-refractivity contribution in [1.82, 2.24) is 9.97 Å². The summed E-state index contributed by atoms with van der Waals surface area (Å²) in [5, 5.41) is 12.5. The molecule has 0 aliphatic carbocycles. The Morgan fingerprint density at radius 1 is 1.15 bits per heavy atom. The van der Waals surface area contributed by atoms with Gasteiger partial charge in [-0.05, 0) is 55.3 Å². The van der Waals surface area contributed by atoms with Crippen LogP contribution in [0.1, 0.15) is 17.0 Å². The minimum absolute atomic E-state index is 0.269. The van der Waals surface area contributed by atoms with Gasteiger partial charge in [-0.25, -0.2) is 4.98 Å². The Labute approximate surface area is 117 Å². The van der Waals surface area contributed by atoms with Crippen LogP contribution in [-0.2, 0) is 6.54 Å². The number of hydrogen-bond donors (Lipinski definition) is 3. The molecule has 2 aromatic carbocycles. The number of aromatic amines is 1. The lowest BCUT2D eigenvalue weighted by Crippen LogP contribution is -2.00. The number of fused-ring (bicyclic) bond motifs is 1. The second-order valence-electron chi connectivity index (χ2n) is 5.06. The highest BCUT2D eigenvalue weighted by atomic mass is 16.3. The molecule has 4 heteroatoms. The maximum absolute atomic E-state index is 9.25. The van der Waals surface area contributed by atoms with Crippen LogP contribution in [0, 0.1) is 13.8 Å². The number of rotatable bonds is 3. The van der Waals surface area contributed by atoms with Crippen LogP contribution in [0.3, 0.4) is 0 Å². The van der Waals surface area contributed by atoms with Gasteiger partial charge in [-0.15, -0.1) is 0 Å². The quantitative estimate of drug-likeness (QED) is 0.636. The molecule has 1 aromatic heterocycles. The van der Waals surface area contributed by atoms with Gasteiger partial charge in [0.05, 0.1) is 17.6 Å². The zero-order valence-electron chi connectivity index (χ0n) is 11.6. The van der Waals surface area contributed by atoms with E-state index < -0.39 is 0 Å². The normalized spacial score (nSPS) is 10.9. The molecule has 4 nitrogen and oxygen atoms in total. The third-order valence-corrected chi connectivity index (χ3v) is 3.30. The average Bonchev–Trinajstić information content (AvgIpc) is 2.81. The molecule has 3 rings (SSSR count). The first-order valence-electron chi connectivity index (χ1n) is 6.60. The third kappa shape index (κ3) is 2.45. The van der Waals surface area contributed by atoms with E-state index in [2.05, 4.69) is 41.3 Å². The fourth-order valence-corrected chi connectivity index (χ4v) is 2.37. The van der Waals surface area contributed by atoms with Crippen LogP contribution >= 0.6 is 0 Å². The monoisotopic (exact) mass is 267 g/mol. The van der Waals surface area contributed by atoms with Crippen LogP contribution < -0.4 is 5.32 Å². The van der Waals surface area contributed by atoms with Gasteiger partial charge < -0.3 is 15.4 Å². The first-order valence-corrected chi connectivity index (χ1v) is 6.60. The summed E-state index contributed by atoms with van der Waals surface area (Å²) in [6.07, 6.45) is 0. The largest absolute Gasteiger partial charge is 0.508 e. The highest BCUT2D eigenvalue weighted by molar-refractivity contribution is 5.79. The van der Waals surface area contributed by atoms with Crippen LogP contribution in [0.4, 0.5) is 5.69 Å². The molecule has 0 bridgehead atoms. The number of aromatic hydroxyl groups is 1. The molecule has 0 atom stereocenters. The Balaban J connectivity index is 1.81. The summed E-state index contributed by atoms with van der Waals surface area (Å²) in [6, 6.07) is 11.3. The number of imidazole rings is 1.